The van der Waals surface area contributed by atoms with Gasteiger partial charge in [0.05, 0.1) is 59.5 Å². The average Bonchev–Trinajstić information content (AvgIpc) is 2.82. The molecule has 0 atom stereocenters. The highest BCUT2D eigenvalue weighted by atomic mass is 16.3. The van der Waals surface area contributed by atoms with Crippen molar-refractivity contribution in [1.29, 1.82) is 0 Å². The number of rotatable bonds is 17. The summed E-state index contributed by atoms with van der Waals surface area (Å²) >= 11 is 0. The van der Waals surface area contributed by atoms with E-state index in [4.69, 9.17) is 51.7 Å². The van der Waals surface area contributed by atoms with Gasteiger partial charge in [0.25, 0.3) is 0 Å². The van der Waals surface area contributed by atoms with Crippen molar-refractivity contribution < 1.29 is 46.0 Å². The van der Waals surface area contributed by atoms with Crippen LogP contribution in [0.4, 0.5) is 0 Å². The Hall–Kier alpha value is -0.560. The molecule has 0 aliphatic heterocycles. The van der Waals surface area contributed by atoms with Crippen LogP contribution in [0.2, 0.25) is 0 Å². The van der Waals surface area contributed by atoms with Crippen LogP contribution in [0.5, 0.6) is 0 Å². The molecule has 0 aliphatic carbocycles. The van der Waals surface area contributed by atoms with Gasteiger partial charge < -0.3 is 67.2 Å². The lowest BCUT2D eigenvalue weighted by Gasteiger charge is -2.17. The molecule has 0 rings (SSSR count). The van der Waals surface area contributed by atoms with Crippen LogP contribution < -0.4 is 16.4 Å². The summed E-state index contributed by atoms with van der Waals surface area (Å²) in [4.78, 5) is 3.65. The van der Waals surface area contributed by atoms with Crippen molar-refractivity contribution in [3.8, 4) is 0 Å². The van der Waals surface area contributed by atoms with Crippen molar-refractivity contribution in [3.05, 3.63) is 0 Å². The number of hydrogen-bond acceptors (Lipinski definition) is 14. The first-order chi connectivity index (χ1) is 16.4. The molecule has 214 valence electrons. The second kappa shape index (κ2) is 49.5. The number of likely N-dealkylation sites (N-methyl/N-ethyl adjacent to an activating group) is 2. The van der Waals surface area contributed by atoms with Crippen LogP contribution in [0.3, 0.4) is 0 Å². The molecule has 0 aromatic heterocycles. The van der Waals surface area contributed by atoms with Crippen LogP contribution in [0.1, 0.15) is 0 Å². The van der Waals surface area contributed by atoms with Crippen molar-refractivity contribution >= 4 is 0 Å². The molecule has 0 aromatic rings. The minimum atomic E-state index is 0.0694. The third-order valence-corrected chi connectivity index (χ3v) is 3.28. The molecule has 13 N–H and O–H groups in total. The van der Waals surface area contributed by atoms with E-state index in [1.165, 1.54) is 0 Å². The van der Waals surface area contributed by atoms with Crippen molar-refractivity contribution in [3.63, 3.8) is 0 Å². The van der Waals surface area contributed by atoms with Gasteiger partial charge in [-0.3, -0.25) is 4.90 Å². The number of nitrogens with one attached hydrogen (secondary N) is 2. The molecule has 14 heteroatoms. The summed E-state index contributed by atoms with van der Waals surface area (Å²) in [5.74, 6) is 0. The van der Waals surface area contributed by atoms with Gasteiger partial charge >= 0.3 is 0 Å². The number of nitrogens with zero attached hydrogens (tertiary/aromatic N) is 2. The Kier molecular flexibility index (Phi) is 63.4. The highest BCUT2D eigenvalue weighted by molar-refractivity contribution is 4.54. The lowest BCUT2D eigenvalue weighted by Crippen LogP contribution is -2.32. The SMILES string of the molecule is CN(CCO)CCO.CNCCO.NCCO.OCCN(CCO)CCO.OCCNCCO. The summed E-state index contributed by atoms with van der Waals surface area (Å²) < 4.78 is 0. The highest BCUT2D eigenvalue weighted by Gasteiger charge is 2.00. The zero-order valence-electron chi connectivity index (χ0n) is 21.2. The quantitative estimate of drug-likeness (QED) is 0.0817. The Morgan fingerprint density at radius 3 is 1.03 bits per heavy atom. The standard InChI is InChI=1S/C6H15NO3.C5H13NO2.C4H11NO2.C3H9NO.C2H7NO/c8-4-1-7(2-5-9)3-6-10;1-6(2-4-7)3-5-8;6-3-1-5-2-4-7;1-4-2-3-5;3-1-2-4/h8-10H,1-6H2;7-8H,2-5H2,1H3;5-7H,1-4H2;4-5H,2-3H2,1H3;4H,1-3H2. The van der Waals surface area contributed by atoms with Gasteiger partial charge in [-0.05, 0) is 14.1 Å². The monoisotopic (exact) mass is 509 g/mol. The smallest absolute Gasteiger partial charge is 0.0558 e. The lowest BCUT2D eigenvalue weighted by molar-refractivity contribution is 0.136. The Balaban J connectivity index is -0.000000107. The minimum Gasteiger partial charge on any atom is -0.395 e. The van der Waals surface area contributed by atoms with Crippen LogP contribution in [0.25, 0.3) is 0 Å². The van der Waals surface area contributed by atoms with Crippen LogP contribution in [0.15, 0.2) is 0 Å². The van der Waals surface area contributed by atoms with Gasteiger partial charge in [-0.1, -0.05) is 0 Å². The summed E-state index contributed by atoms with van der Waals surface area (Å²) in [5, 5.41) is 79.7. The largest absolute Gasteiger partial charge is 0.395 e. The zero-order chi connectivity index (χ0) is 27.3. The van der Waals surface area contributed by atoms with Gasteiger partial charge in [0.1, 0.15) is 0 Å². The predicted molar refractivity (Wildman–Crippen MR) is 134 cm³/mol. The maximum atomic E-state index is 8.48. The van der Waals surface area contributed by atoms with Crippen LogP contribution in [0, 0.1) is 0 Å². The average molecular weight is 510 g/mol. The topological polar surface area (TPSA) is 239 Å². The summed E-state index contributed by atoms with van der Waals surface area (Å²) in [6, 6.07) is 0. The Morgan fingerprint density at radius 1 is 0.529 bits per heavy atom. The summed E-state index contributed by atoms with van der Waals surface area (Å²) in [6.45, 7) is 6.18. The van der Waals surface area contributed by atoms with Crippen LogP contribution in [-0.2, 0) is 0 Å². The molecular weight excluding hydrogens is 454 g/mol. The fourth-order valence-electron chi connectivity index (χ4n) is 1.61. The molecule has 0 amide bonds. The maximum Gasteiger partial charge on any atom is 0.0558 e. The van der Waals surface area contributed by atoms with Gasteiger partial charge in [-0.15, -0.1) is 0 Å². The first-order valence-electron chi connectivity index (χ1n) is 11.3. The third kappa shape index (κ3) is 63.4. The molecule has 0 heterocycles. The zero-order valence-corrected chi connectivity index (χ0v) is 21.2. The van der Waals surface area contributed by atoms with Crippen LogP contribution in [-0.4, -0.2) is 188 Å². The molecule has 0 aromatic carbocycles. The number of aliphatic hydroxyl groups is 9. The van der Waals surface area contributed by atoms with E-state index in [1.807, 2.05) is 11.9 Å². The third-order valence-electron chi connectivity index (χ3n) is 3.28. The Morgan fingerprint density at radius 2 is 0.853 bits per heavy atom. The molecule has 0 saturated carbocycles. The van der Waals surface area contributed by atoms with E-state index >= 15 is 0 Å². The second-order valence-electron chi connectivity index (χ2n) is 6.30. The Labute approximate surface area is 205 Å². The van der Waals surface area contributed by atoms with Gasteiger partial charge in [-0.25, -0.2) is 0 Å². The molecule has 34 heavy (non-hydrogen) atoms. The number of hydrogen-bond donors (Lipinski definition) is 12. The van der Waals surface area contributed by atoms with Crippen molar-refractivity contribution in [2.45, 2.75) is 0 Å². The van der Waals surface area contributed by atoms with E-state index in [-0.39, 0.29) is 59.5 Å². The van der Waals surface area contributed by atoms with E-state index in [0.29, 0.717) is 58.9 Å². The van der Waals surface area contributed by atoms with Crippen LogP contribution >= 0.6 is 0 Å². The number of aliphatic hydroxyl groups excluding tert-OH is 9. The Bertz CT molecular complexity index is 263. The normalized spacial score (nSPS) is 9.71. The van der Waals surface area contributed by atoms with E-state index in [1.54, 1.807) is 11.9 Å². The predicted octanol–water partition coefficient (Wildman–Crippen LogP) is -6.14. The molecule has 0 aliphatic rings. The first kappa shape index (κ1) is 43.5. The van der Waals surface area contributed by atoms with Gasteiger partial charge in [0.15, 0.2) is 0 Å². The van der Waals surface area contributed by atoms with E-state index < -0.39 is 0 Å². The van der Waals surface area contributed by atoms with Crippen molar-refractivity contribution in [2.24, 2.45) is 5.73 Å². The van der Waals surface area contributed by atoms with Gasteiger partial charge in [-0.2, -0.15) is 0 Å². The second-order valence-corrected chi connectivity index (χ2v) is 6.30. The summed E-state index contributed by atoms with van der Waals surface area (Å²) in [6.07, 6.45) is 0. The molecule has 14 nitrogen and oxygen atoms in total. The van der Waals surface area contributed by atoms with Gasteiger partial charge in [0, 0.05) is 58.9 Å². The fourth-order valence-corrected chi connectivity index (χ4v) is 1.61. The molecule has 0 unspecified atom stereocenters. The molecular formula is C20H55N5O9. The van der Waals surface area contributed by atoms with E-state index in [0.717, 1.165) is 0 Å². The van der Waals surface area contributed by atoms with Crippen molar-refractivity contribution in [2.75, 3.05) is 132 Å². The highest BCUT2D eigenvalue weighted by Crippen LogP contribution is 1.84. The van der Waals surface area contributed by atoms with Gasteiger partial charge in [0.2, 0.25) is 0 Å². The minimum absolute atomic E-state index is 0.0694. The maximum absolute atomic E-state index is 8.48. The lowest BCUT2D eigenvalue weighted by atomic mass is 10.4. The summed E-state index contributed by atoms with van der Waals surface area (Å²) in [5.41, 5.74) is 4.78. The summed E-state index contributed by atoms with van der Waals surface area (Å²) in [7, 11) is 3.66. The molecule has 0 spiro atoms. The fraction of sp³-hybridized carbons (Fsp3) is 1.00. The molecule has 0 bridgehead atoms. The first-order valence-corrected chi connectivity index (χ1v) is 11.3. The molecule has 0 radical (unpaired) electrons. The number of nitrogens with two attached hydrogens (primary N) is 1. The van der Waals surface area contributed by atoms with Crippen molar-refractivity contribution in [1.82, 2.24) is 20.4 Å². The van der Waals surface area contributed by atoms with E-state index in [2.05, 4.69) is 10.6 Å². The molecule has 0 fully saturated rings. The van der Waals surface area contributed by atoms with E-state index in [9.17, 15) is 0 Å². The molecule has 0 saturated heterocycles.